The van der Waals surface area contributed by atoms with Crippen LogP contribution in [-0.2, 0) is 0 Å². The number of aromatic nitrogens is 12. The predicted molar refractivity (Wildman–Crippen MR) is 596 cm³/mol. The van der Waals surface area contributed by atoms with Gasteiger partial charge in [0.15, 0.2) is 29.1 Å². The van der Waals surface area contributed by atoms with E-state index in [4.69, 9.17) is 29.9 Å². The van der Waals surface area contributed by atoms with E-state index in [2.05, 4.69) is 428 Å². The number of rotatable bonds is 14. The van der Waals surface area contributed by atoms with Gasteiger partial charge in [0.2, 0.25) is 5.95 Å². The first-order chi connectivity index (χ1) is 71.4. The second kappa shape index (κ2) is 35.5. The van der Waals surface area contributed by atoms with Gasteiger partial charge >= 0.3 is 0 Å². The van der Waals surface area contributed by atoms with Crippen LogP contribution in [0.25, 0.3) is 256 Å². The SMILES string of the molecule is c1ccc(-c2nc(-c3ccccc3)nc(-c3cccc(-n4c5ccccc5c5cc(-c6ccc7c8ccccc8n(-c8ccccc8)c7c6)ccc54)c3)n2)cc1.c1ccc(-c2nc(-c3ccccc3)nc(-n3c4ccccc4c4cc(-c5ccc6c7ccccc7n(-c7ccccc7)c6c5)ccc43)n2)cc1.c1ccc(-n2c3ccccc3c3cc(-c4ccc5c(c4)c4ccccc4n5-c4ccccc4)ccc32)cc1. The molecule has 144 heavy (non-hydrogen) atoms. The minimum atomic E-state index is 0.588. The fourth-order valence-corrected chi connectivity index (χ4v) is 21.4. The van der Waals surface area contributed by atoms with Gasteiger partial charge < -0.3 is 22.8 Å². The quantitative estimate of drug-likeness (QED) is 0.107. The van der Waals surface area contributed by atoms with E-state index in [0.717, 1.165) is 88.8 Å². The molecule has 0 aliphatic heterocycles. The van der Waals surface area contributed by atoms with Crippen molar-refractivity contribution in [2.24, 2.45) is 0 Å². The van der Waals surface area contributed by atoms with Crippen molar-refractivity contribution in [2.45, 2.75) is 0 Å². The number of hydrogen-bond acceptors (Lipinski definition) is 6. The third-order valence-electron chi connectivity index (χ3n) is 28.0. The standard InChI is InChI=1S/C51H33N5.C45H29N5.C36H24N2/c1-4-15-34(16-5-1)49-52-50(35-17-6-2-7-18-35)54-51(53-49)38-19-14-22-40(31-38)56-46-26-13-11-24-42(46)44-32-36(28-30-47(44)56)37-27-29-43-41-23-10-12-25-45(41)55(48(43)33-37)39-20-8-3-9-21-39;1-4-14-30(15-5-1)43-46-44(31-16-6-2-7-17-31)48-45(47-43)50-40-23-13-11-21-36(40)38-28-32(25-27-41(38)50)33-24-26-37-35-20-10-12-22-39(35)49(42(37)29-33)34-18-8-3-9-19-34;1-3-11-27(12-4-1)37-33-17-9-7-15-29(33)31-23-25(19-21-35(31)37)26-20-22-36-32(24-26)30-16-8-10-18-34(30)38(36)28-13-5-2-6-14-28/h1-33H;1-29H;1-24H. The summed E-state index contributed by atoms with van der Waals surface area (Å²) >= 11 is 0. The molecule has 21 aromatic carbocycles. The van der Waals surface area contributed by atoms with Gasteiger partial charge in [0, 0.05) is 121 Å². The lowest BCUT2D eigenvalue weighted by atomic mass is 10.0. The molecular weight excluding hydrogens is 1750 g/mol. The lowest BCUT2D eigenvalue weighted by Gasteiger charge is -2.12. The summed E-state index contributed by atoms with van der Waals surface area (Å²) in [6.45, 7) is 0. The molecule has 0 unspecified atom stereocenters. The first-order valence-electron chi connectivity index (χ1n) is 48.7. The molecule has 29 rings (SSSR count). The summed E-state index contributed by atoms with van der Waals surface area (Å²) in [5.74, 6) is 3.78. The van der Waals surface area contributed by atoms with Crippen LogP contribution in [0.5, 0.6) is 0 Å². The molecule has 0 amide bonds. The molecule has 0 saturated carbocycles. The summed E-state index contributed by atoms with van der Waals surface area (Å²) in [6, 6.07) is 184. The molecule has 0 aliphatic carbocycles. The minimum absolute atomic E-state index is 0.588. The zero-order valence-electron chi connectivity index (χ0n) is 78.0. The van der Waals surface area contributed by atoms with Gasteiger partial charge in [-0.05, 0) is 191 Å². The summed E-state index contributed by atoms with van der Waals surface area (Å²) in [6.07, 6.45) is 0. The number of para-hydroxylation sites is 10. The maximum Gasteiger partial charge on any atom is 0.238 e. The van der Waals surface area contributed by atoms with Crippen LogP contribution in [0.2, 0.25) is 0 Å². The highest BCUT2D eigenvalue weighted by molar-refractivity contribution is 6.17. The fraction of sp³-hybridized carbons (Fsp3) is 0. The summed E-state index contributed by atoms with van der Waals surface area (Å²) < 4.78 is 14.0. The Labute approximate surface area is 828 Å². The van der Waals surface area contributed by atoms with E-state index in [-0.39, 0.29) is 0 Å². The van der Waals surface area contributed by atoms with Gasteiger partial charge in [-0.2, -0.15) is 9.97 Å². The van der Waals surface area contributed by atoms with Gasteiger partial charge in [-0.25, -0.2) is 19.9 Å². The lowest BCUT2D eigenvalue weighted by molar-refractivity contribution is 0.953. The topological polar surface area (TPSA) is 107 Å². The molecule has 8 aromatic heterocycles. The normalized spacial score (nSPS) is 11.6. The Hall–Kier alpha value is -19.6. The van der Waals surface area contributed by atoms with Crippen LogP contribution >= 0.6 is 0 Å². The highest BCUT2D eigenvalue weighted by Crippen LogP contribution is 2.45. The molecule has 12 nitrogen and oxygen atoms in total. The summed E-state index contributed by atoms with van der Waals surface area (Å²) in [4.78, 5) is 30.0. The number of benzene rings is 21. The number of hydrogen-bond donors (Lipinski definition) is 0. The van der Waals surface area contributed by atoms with Crippen molar-refractivity contribution in [3.63, 3.8) is 0 Å². The highest BCUT2D eigenvalue weighted by Gasteiger charge is 2.25. The molecule has 0 atom stereocenters. The largest absolute Gasteiger partial charge is 0.309 e. The van der Waals surface area contributed by atoms with Crippen molar-refractivity contribution in [3.05, 3.63) is 522 Å². The van der Waals surface area contributed by atoms with Crippen molar-refractivity contribution >= 4 is 131 Å². The van der Waals surface area contributed by atoms with E-state index >= 15 is 0 Å². The van der Waals surface area contributed by atoms with Gasteiger partial charge in [-0.1, -0.05) is 364 Å². The lowest BCUT2D eigenvalue weighted by Crippen LogP contribution is -2.06. The maximum atomic E-state index is 5.08. The Morgan fingerprint density at radius 2 is 0.299 bits per heavy atom. The first-order valence-corrected chi connectivity index (χ1v) is 48.7. The molecule has 0 radical (unpaired) electrons. The van der Waals surface area contributed by atoms with Crippen molar-refractivity contribution in [2.75, 3.05) is 0 Å². The van der Waals surface area contributed by atoms with Crippen LogP contribution in [-0.4, -0.2) is 57.3 Å². The van der Waals surface area contributed by atoms with Crippen LogP contribution in [0, 0.1) is 0 Å². The van der Waals surface area contributed by atoms with Crippen LogP contribution in [0.4, 0.5) is 0 Å². The van der Waals surface area contributed by atoms with Crippen LogP contribution < -0.4 is 0 Å². The molecular formula is C132H86N12. The molecule has 29 aromatic rings. The van der Waals surface area contributed by atoms with Crippen molar-refractivity contribution in [3.8, 4) is 125 Å². The van der Waals surface area contributed by atoms with E-state index in [1.54, 1.807) is 0 Å². The minimum Gasteiger partial charge on any atom is -0.309 e. The molecule has 0 aliphatic rings. The van der Waals surface area contributed by atoms with E-state index in [1.165, 1.54) is 132 Å². The number of nitrogens with zero attached hydrogens (tertiary/aromatic N) is 12. The molecule has 0 bridgehead atoms. The average Bonchev–Trinajstić information content (AvgIpc) is 1.58. The predicted octanol–water partition coefficient (Wildman–Crippen LogP) is 33.3. The van der Waals surface area contributed by atoms with Crippen LogP contribution in [0.3, 0.4) is 0 Å². The van der Waals surface area contributed by atoms with Gasteiger partial charge in [0.1, 0.15) is 0 Å². The monoisotopic (exact) mass is 1840 g/mol. The summed E-state index contributed by atoms with van der Waals surface area (Å²) in [5.41, 5.74) is 31.6. The third-order valence-corrected chi connectivity index (χ3v) is 28.0. The van der Waals surface area contributed by atoms with E-state index in [0.29, 0.717) is 35.1 Å². The fourth-order valence-electron chi connectivity index (χ4n) is 21.4. The first kappa shape index (κ1) is 83.8. The van der Waals surface area contributed by atoms with Crippen LogP contribution in [0.15, 0.2) is 522 Å². The molecule has 0 fully saturated rings. The Bertz CT molecular complexity index is 9730. The Morgan fingerprint density at radius 3 is 0.604 bits per heavy atom. The smallest absolute Gasteiger partial charge is 0.238 e. The van der Waals surface area contributed by atoms with Crippen molar-refractivity contribution in [1.82, 2.24) is 57.3 Å². The molecule has 674 valence electrons. The summed E-state index contributed by atoms with van der Waals surface area (Å²) in [7, 11) is 0. The Balaban J connectivity index is 0.000000109. The third kappa shape index (κ3) is 14.7. The second-order valence-corrected chi connectivity index (χ2v) is 36.5. The summed E-state index contributed by atoms with van der Waals surface area (Å²) in [5, 5.41) is 14.8. The Kier molecular flexibility index (Phi) is 20.6. The maximum absolute atomic E-state index is 5.08. The van der Waals surface area contributed by atoms with Gasteiger partial charge in [-0.15, -0.1) is 0 Å². The molecule has 12 heteroatoms. The van der Waals surface area contributed by atoms with E-state index < -0.39 is 0 Å². The molecule has 0 N–H and O–H groups in total. The van der Waals surface area contributed by atoms with Gasteiger partial charge in [0.05, 0.1) is 66.2 Å². The molecule has 8 heterocycles. The Morgan fingerprint density at radius 1 is 0.104 bits per heavy atom. The zero-order chi connectivity index (χ0) is 95.1. The molecule has 0 spiro atoms. The number of fused-ring (bicyclic) bond motifs is 18. The van der Waals surface area contributed by atoms with Gasteiger partial charge in [-0.3, -0.25) is 4.57 Å². The second-order valence-electron chi connectivity index (χ2n) is 36.5. The molecule has 0 saturated heterocycles. The zero-order valence-corrected chi connectivity index (χ0v) is 78.0. The van der Waals surface area contributed by atoms with Crippen molar-refractivity contribution < 1.29 is 0 Å². The van der Waals surface area contributed by atoms with Crippen LogP contribution in [0.1, 0.15) is 0 Å². The highest BCUT2D eigenvalue weighted by atomic mass is 15.2. The van der Waals surface area contributed by atoms with E-state index in [9.17, 15) is 0 Å². The average molecular weight is 1840 g/mol. The van der Waals surface area contributed by atoms with Crippen molar-refractivity contribution in [1.29, 1.82) is 0 Å². The van der Waals surface area contributed by atoms with E-state index in [1.807, 2.05) is 121 Å². The van der Waals surface area contributed by atoms with Gasteiger partial charge in [0.25, 0.3) is 0 Å².